The van der Waals surface area contributed by atoms with Crippen molar-refractivity contribution < 1.29 is 0 Å². The van der Waals surface area contributed by atoms with E-state index in [4.69, 9.17) is 0 Å². The van der Waals surface area contributed by atoms with E-state index < -0.39 is 0 Å². The zero-order valence-electron chi connectivity index (χ0n) is 12.2. The van der Waals surface area contributed by atoms with Crippen molar-refractivity contribution in [3.05, 3.63) is 88.4 Å². The van der Waals surface area contributed by atoms with Crippen LogP contribution in [-0.2, 0) is 0 Å². The van der Waals surface area contributed by atoms with Gasteiger partial charge in [-0.2, -0.15) is 0 Å². The van der Waals surface area contributed by atoms with Crippen LogP contribution in [0.1, 0.15) is 22.9 Å². The van der Waals surface area contributed by atoms with E-state index in [-0.39, 0.29) is 6.04 Å². The molecule has 3 aromatic rings. The number of nitrogens with zero attached hydrogens (tertiary/aromatic N) is 2. The number of rotatable bonds is 4. The van der Waals surface area contributed by atoms with Gasteiger partial charge in [0.25, 0.3) is 0 Å². The highest BCUT2D eigenvalue weighted by molar-refractivity contribution is 9.10. The number of aromatic nitrogens is 2. The Bertz CT molecular complexity index is 759. The van der Waals surface area contributed by atoms with E-state index in [9.17, 15) is 0 Å². The molecule has 1 aromatic carbocycles. The van der Waals surface area contributed by atoms with Crippen LogP contribution in [0.3, 0.4) is 0 Å². The number of anilines is 1. The zero-order chi connectivity index (χ0) is 15.4. The van der Waals surface area contributed by atoms with Gasteiger partial charge in [0.2, 0.25) is 0 Å². The molecule has 0 spiro atoms. The summed E-state index contributed by atoms with van der Waals surface area (Å²) in [6, 6.07) is 16.4. The summed E-state index contributed by atoms with van der Waals surface area (Å²) in [6.45, 7) is 2.10. The van der Waals surface area contributed by atoms with E-state index in [1.165, 1.54) is 11.1 Å². The van der Waals surface area contributed by atoms with Crippen molar-refractivity contribution >= 4 is 21.6 Å². The van der Waals surface area contributed by atoms with Crippen LogP contribution >= 0.6 is 15.9 Å². The Morgan fingerprint density at radius 3 is 2.68 bits per heavy atom. The van der Waals surface area contributed by atoms with Crippen LogP contribution in [0, 0.1) is 6.92 Å². The van der Waals surface area contributed by atoms with Crippen molar-refractivity contribution in [1.29, 1.82) is 0 Å². The lowest BCUT2D eigenvalue weighted by Gasteiger charge is -2.20. The van der Waals surface area contributed by atoms with Gasteiger partial charge in [-0.15, -0.1) is 0 Å². The van der Waals surface area contributed by atoms with Crippen LogP contribution in [0.4, 0.5) is 5.69 Å². The minimum atomic E-state index is -0.0165. The van der Waals surface area contributed by atoms with Crippen LogP contribution in [0.15, 0.2) is 71.6 Å². The molecule has 2 aromatic heterocycles. The van der Waals surface area contributed by atoms with Crippen molar-refractivity contribution in [1.82, 2.24) is 9.97 Å². The second kappa shape index (κ2) is 6.71. The molecular formula is C18H16BrN3. The van der Waals surface area contributed by atoms with Crippen molar-refractivity contribution in [3.8, 4) is 0 Å². The summed E-state index contributed by atoms with van der Waals surface area (Å²) >= 11 is 3.46. The molecule has 0 saturated carbocycles. The maximum absolute atomic E-state index is 4.51. The van der Waals surface area contributed by atoms with Crippen molar-refractivity contribution in [2.45, 2.75) is 13.0 Å². The molecule has 0 aliphatic rings. The Morgan fingerprint density at radius 2 is 1.95 bits per heavy atom. The first-order chi connectivity index (χ1) is 10.7. The molecule has 0 bridgehead atoms. The lowest BCUT2D eigenvalue weighted by molar-refractivity contribution is 0.883. The Kier molecular flexibility index (Phi) is 4.49. The van der Waals surface area contributed by atoms with Gasteiger partial charge in [-0.05, 0) is 46.6 Å². The van der Waals surface area contributed by atoms with Crippen molar-refractivity contribution in [2.24, 2.45) is 0 Å². The smallest absolute Gasteiger partial charge is 0.0940 e. The highest BCUT2D eigenvalue weighted by Crippen LogP contribution is 2.26. The molecule has 3 rings (SSSR count). The number of hydrogen-bond donors (Lipinski definition) is 1. The topological polar surface area (TPSA) is 37.8 Å². The molecule has 1 N–H and O–H groups in total. The summed E-state index contributed by atoms with van der Waals surface area (Å²) < 4.78 is 0.946. The predicted molar refractivity (Wildman–Crippen MR) is 92.8 cm³/mol. The molecule has 0 radical (unpaired) electrons. The molecule has 110 valence electrons. The highest BCUT2D eigenvalue weighted by Gasteiger charge is 2.15. The van der Waals surface area contributed by atoms with E-state index in [2.05, 4.69) is 62.4 Å². The van der Waals surface area contributed by atoms with E-state index >= 15 is 0 Å². The SMILES string of the molecule is Cc1cccc(C(Nc2cncc(Br)c2)c2ccccn2)c1. The third-order valence-electron chi connectivity index (χ3n) is 3.37. The van der Waals surface area contributed by atoms with Gasteiger partial charge < -0.3 is 5.32 Å². The maximum Gasteiger partial charge on any atom is 0.0940 e. The van der Waals surface area contributed by atoms with Crippen LogP contribution in [0.5, 0.6) is 0 Å². The maximum atomic E-state index is 4.51. The Hall–Kier alpha value is -2.20. The second-order valence-electron chi connectivity index (χ2n) is 5.14. The Balaban J connectivity index is 2.00. The van der Waals surface area contributed by atoms with Crippen LogP contribution in [-0.4, -0.2) is 9.97 Å². The first kappa shape index (κ1) is 14.7. The quantitative estimate of drug-likeness (QED) is 0.735. The first-order valence-electron chi connectivity index (χ1n) is 7.07. The minimum absolute atomic E-state index is 0.0165. The van der Waals surface area contributed by atoms with Crippen LogP contribution < -0.4 is 5.32 Å². The number of benzene rings is 1. The minimum Gasteiger partial charge on any atom is -0.371 e. The van der Waals surface area contributed by atoms with E-state index in [0.717, 1.165) is 15.9 Å². The first-order valence-corrected chi connectivity index (χ1v) is 7.86. The summed E-state index contributed by atoms with van der Waals surface area (Å²) in [6.07, 6.45) is 5.41. The fourth-order valence-electron chi connectivity index (χ4n) is 2.38. The lowest BCUT2D eigenvalue weighted by atomic mass is 10.0. The molecule has 0 aliphatic carbocycles. The number of halogens is 1. The van der Waals surface area contributed by atoms with Gasteiger partial charge in [-0.3, -0.25) is 9.97 Å². The zero-order valence-corrected chi connectivity index (χ0v) is 13.8. The summed E-state index contributed by atoms with van der Waals surface area (Å²) in [7, 11) is 0. The van der Waals surface area contributed by atoms with Gasteiger partial charge in [-0.25, -0.2) is 0 Å². The molecule has 2 heterocycles. The second-order valence-corrected chi connectivity index (χ2v) is 6.05. The third kappa shape index (κ3) is 3.52. The van der Waals surface area contributed by atoms with Gasteiger partial charge in [-0.1, -0.05) is 35.9 Å². The molecule has 0 aliphatic heterocycles. The van der Waals surface area contributed by atoms with Crippen molar-refractivity contribution in [3.63, 3.8) is 0 Å². The van der Waals surface area contributed by atoms with Gasteiger partial charge in [0.15, 0.2) is 0 Å². The molecule has 1 atom stereocenters. The standard InChI is InChI=1S/C18H16BrN3/c1-13-5-4-6-14(9-13)18(17-7-2-3-8-21-17)22-16-10-15(19)11-20-12-16/h2-12,18,22H,1H3. The Labute approximate surface area is 138 Å². The molecule has 0 amide bonds. The molecule has 0 fully saturated rings. The summed E-state index contributed by atoms with van der Waals surface area (Å²) in [5, 5.41) is 3.52. The van der Waals surface area contributed by atoms with Gasteiger partial charge in [0, 0.05) is 16.9 Å². The summed E-state index contributed by atoms with van der Waals surface area (Å²) in [5.41, 5.74) is 4.34. The van der Waals surface area contributed by atoms with E-state index in [1.807, 2.05) is 36.7 Å². The lowest BCUT2D eigenvalue weighted by Crippen LogP contribution is -2.14. The number of hydrogen-bond acceptors (Lipinski definition) is 3. The number of nitrogens with one attached hydrogen (secondary N) is 1. The molecule has 3 nitrogen and oxygen atoms in total. The number of pyridine rings is 2. The fourth-order valence-corrected chi connectivity index (χ4v) is 2.75. The normalized spacial score (nSPS) is 11.9. The molecule has 1 unspecified atom stereocenters. The Morgan fingerprint density at radius 1 is 1.05 bits per heavy atom. The van der Waals surface area contributed by atoms with Gasteiger partial charge in [0.1, 0.15) is 0 Å². The summed E-state index contributed by atoms with van der Waals surface area (Å²) in [4.78, 5) is 8.72. The summed E-state index contributed by atoms with van der Waals surface area (Å²) in [5.74, 6) is 0. The van der Waals surface area contributed by atoms with Crippen LogP contribution in [0.25, 0.3) is 0 Å². The largest absolute Gasteiger partial charge is 0.371 e. The highest BCUT2D eigenvalue weighted by atomic mass is 79.9. The predicted octanol–water partition coefficient (Wildman–Crippen LogP) is 4.75. The molecule has 22 heavy (non-hydrogen) atoms. The van der Waals surface area contributed by atoms with Crippen molar-refractivity contribution in [2.75, 3.05) is 5.32 Å². The monoisotopic (exact) mass is 353 g/mol. The van der Waals surface area contributed by atoms with Crippen LogP contribution in [0.2, 0.25) is 0 Å². The molecule has 4 heteroatoms. The van der Waals surface area contributed by atoms with Gasteiger partial charge >= 0.3 is 0 Å². The molecule has 0 saturated heterocycles. The number of aryl methyl sites for hydroxylation is 1. The van der Waals surface area contributed by atoms with E-state index in [0.29, 0.717) is 0 Å². The van der Waals surface area contributed by atoms with E-state index in [1.54, 1.807) is 6.20 Å². The third-order valence-corrected chi connectivity index (χ3v) is 3.81. The average Bonchev–Trinajstić information content (AvgIpc) is 2.53. The molecular weight excluding hydrogens is 338 g/mol. The average molecular weight is 354 g/mol. The fraction of sp³-hybridized carbons (Fsp3) is 0.111. The van der Waals surface area contributed by atoms with Gasteiger partial charge in [0.05, 0.1) is 23.6 Å².